The van der Waals surface area contributed by atoms with Crippen LogP contribution in [-0.2, 0) is 16.6 Å². The van der Waals surface area contributed by atoms with Crippen LogP contribution in [0.3, 0.4) is 0 Å². The maximum absolute atomic E-state index is 13.5. The van der Waals surface area contributed by atoms with Crippen molar-refractivity contribution in [1.82, 2.24) is 9.29 Å². The van der Waals surface area contributed by atoms with Gasteiger partial charge in [0.05, 0.1) is 4.90 Å². The highest BCUT2D eigenvalue weighted by molar-refractivity contribution is 9.10. The van der Waals surface area contributed by atoms with Crippen LogP contribution < -0.4 is 9.29 Å². The minimum Gasteiger partial charge on any atom is -0.287 e. The Kier molecular flexibility index (Phi) is 5.96. The summed E-state index contributed by atoms with van der Waals surface area (Å²) in [5.41, 5.74) is 1.08. The quantitative estimate of drug-likeness (QED) is 0.371. The third-order valence-electron chi connectivity index (χ3n) is 5.61. The van der Waals surface area contributed by atoms with Crippen molar-refractivity contribution in [2.45, 2.75) is 11.4 Å². The summed E-state index contributed by atoms with van der Waals surface area (Å²) in [5.74, 6) is -1.02. The molecule has 1 aliphatic rings. The van der Waals surface area contributed by atoms with Crippen molar-refractivity contribution in [3.05, 3.63) is 124 Å². The van der Waals surface area contributed by atoms with Crippen LogP contribution in [0.1, 0.15) is 26.3 Å². The van der Waals surface area contributed by atoms with Gasteiger partial charge in [-0.15, -0.1) is 0 Å². The fourth-order valence-electron chi connectivity index (χ4n) is 3.92. The molecule has 5 rings (SSSR count). The van der Waals surface area contributed by atoms with Crippen molar-refractivity contribution in [2.75, 3.05) is 0 Å². The number of carbonyl (C=O) groups excluding carboxylic acids is 2. The largest absolute Gasteiger partial charge is 0.287 e. The van der Waals surface area contributed by atoms with Gasteiger partial charge in [0.15, 0.2) is 0 Å². The van der Waals surface area contributed by atoms with Crippen LogP contribution in [-0.4, -0.2) is 24.6 Å². The number of hydrogen-bond donors (Lipinski definition) is 1. The first-order chi connectivity index (χ1) is 16.8. The molecular formula is C26H19BrN3O4S+. The smallest absolute Gasteiger partial charge is 0.262 e. The predicted molar refractivity (Wildman–Crippen MR) is 133 cm³/mol. The van der Waals surface area contributed by atoms with E-state index in [1.807, 2.05) is 34.9 Å². The number of ketones is 2. The van der Waals surface area contributed by atoms with Gasteiger partial charge in [0.25, 0.3) is 10.0 Å². The number of nitrogens with zero attached hydrogens (tertiary/aromatic N) is 2. The number of fused-ring (bicyclic) bond motifs is 1. The van der Waals surface area contributed by atoms with Crippen LogP contribution in [0.2, 0.25) is 0 Å². The van der Waals surface area contributed by atoms with E-state index in [-0.39, 0.29) is 27.4 Å². The van der Waals surface area contributed by atoms with E-state index in [9.17, 15) is 18.0 Å². The Morgan fingerprint density at radius 1 is 0.829 bits per heavy atom. The lowest BCUT2D eigenvalue weighted by Crippen LogP contribution is -2.36. The molecule has 1 heterocycles. The van der Waals surface area contributed by atoms with Crippen molar-refractivity contribution in [3.8, 4) is 0 Å². The number of hydrogen-bond acceptors (Lipinski definition) is 4. The summed E-state index contributed by atoms with van der Waals surface area (Å²) in [6.07, 6.45) is 5.06. The van der Waals surface area contributed by atoms with E-state index >= 15 is 0 Å². The van der Waals surface area contributed by atoms with Crippen LogP contribution in [0.15, 0.2) is 113 Å². The molecule has 4 aromatic rings. The van der Waals surface area contributed by atoms with Gasteiger partial charge >= 0.3 is 0 Å². The van der Waals surface area contributed by atoms with Gasteiger partial charge in [0, 0.05) is 15.6 Å². The summed E-state index contributed by atoms with van der Waals surface area (Å²) in [6, 6.07) is 22.2. The van der Waals surface area contributed by atoms with Crippen molar-refractivity contribution in [2.24, 2.45) is 0 Å². The second-order valence-electron chi connectivity index (χ2n) is 7.97. The molecule has 0 aliphatic heterocycles. The lowest BCUT2D eigenvalue weighted by Gasteiger charge is -2.19. The summed E-state index contributed by atoms with van der Waals surface area (Å²) in [4.78, 5) is 26.9. The first-order valence-electron chi connectivity index (χ1n) is 10.7. The van der Waals surface area contributed by atoms with Gasteiger partial charge in [0.2, 0.25) is 23.6 Å². The van der Waals surface area contributed by atoms with E-state index in [1.165, 1.54) is 22.8 Å². The molecule has 0 amide bonds. The minimum absolute atomic E-state index is 0.0293. The molecule has 0 radical (unpaired) electrons. The summed E-state index contributed by atoms with van der Waals surface area (Å²) in [7, 11) is -4.14. The first-order valence-corrected chi connectivity index (χ1v) is 12.9. The van der Waals surface area contributed by atoms with Gasteiger partial charge in [-0.2, -0.15) is 4.57 Å². The molecule has 3 aromatic carbocycles. The molecule has 0 fully saturated rings. The van der Waals surface area contributed by atoms with Crippen LogP contribution >= 0.6 is 15.9 Å². The number of rotatable bonds is 6. The number of imidazole rings is 1. The van der Waals surface area contributed by atoms with Gasteiger partial charge in [0.1, 0.15) is 24.6 Å². The monoisotopic (exact) mass is 548 g/mol. The summed E-state index contributed by atoms with van der Waals surface area (Å²) in [6.45, 7) is 0.541. The van der Waals surface area contributed by atoms with Crippen molar-refractivity contribution in [3.63, 3.8) is 0 Å². The molecular weight excluding hydrogens is 530 g/mol. The topological polar surface area (TPSA) is 89.1 Å². The number of allylic oxidation sites excluding steroid dienone is 2. The molecule has 0 saturated heterocycles. The fraction of sp³-hybridized carbons (Fsp3) is 0.0385. The molecule has 0 atom stereocenters. The van der Waals surface area contributed by atoms with Crippen LogP contribution in [0, 0.1) is 0 Å². The molecule has 1 aliphatic carbocycles. The van der Waals surface area contributed by atoms with Gasteiger partial charge in [-0.3, -0.25) is 14.3 Å². The lowest BCUT2D eigenvalue weighted by molar-refractivity contribution is -0.687. The third-order valence-corrected chi connectivity index (χ3v) is 7.51. The molecule has 0 spiro atoms. The Balaban J connectivity index is 1.60. The van der Waals surface area contributed by atoms with Crippen molar-refractivity contribution in [1.29, 1.82) is 0 Å². The van der Waals surface area contributed by atoms with Crippen molar-refractivity contribution < 1.29 is 22.6 Å². The number of halogens is 1. The Bertz CT molecular complexity index is 1590. The molecule has 7 nitrogen and oxygen atoms in total. The van der Waals surface area contributed by atoms with E-state index in [2.05, 4.69) is 20.7 Å². The van der Waals surface area contributed by atoms with E-state index in [4.69, 9.17) is 0 Å². The molecule has 35 heavy (non-hydrogen) atoms. The number of sulfonamides is 1. The Morgan fingerprint density at radius 2 is 1.46 bits per heavy atom. The van der Waals surface area contributed by atoms with Crippen molar-refractivity contribution >= 4 is 43.2 Å². The highest BCUT2D eigenvalue weighted by Crippen LogP contribution is 2.29. The Hall–Kier alpha value is -3.82. The highest BCUT2D eigenvalue weighted by atomic mass is 79.9. The van der Waals surface area contributed by atoms with Gasteiger partial charge in [-0.05, 0) is 29.8 Å². The normalized spacial score (nSPS) is 13.6. The zero-order valence-corrected chi connectivity index (χ0v) is 20.7. The third kappa shape index (κ3) is 4.48. The summed E-state index contributed by atoms with van der Waals surface area (Å²) in [5, 5.41) is 0. The van der Waals surface area contributed by atoms with Crippen LogP contribution in [0.4, 0.5) is 0 Å². The van der Waals surface area contributed by atoms with Crippen LogP contribution in [0.5, 0.6) is 0 Å². The number of benzene rings is 3. The van der Waals surface area contributed by atoms with E-state index in [0.717, 1.165) is 5.56 Å². The average Bonchev–Trinajstić information content (AvgIpc) is 3.31. The summed E-state index contributed by atoms with van der Waals surface area (Å²) < 4.78 is 32.8. The van der Waals surface area contributed by atoms with Crippen LogP contribution in [0.25, 0.3) is 5.70 Å². The highest BCUT2D eigenvalue weighted by Gasteiger charge is 2.38. The van der Waals surface area contributed by atoms with E-state index < -0.39 is 21.6 Å². The zero-order chi connectivity index (χ0) is 24.6. The average molecular weight is 549 g/mol. The molecule has 0 unspecified atom stereocenters. The number of aromatic nitrogens is 2. The molecule has 0 saturated carbocycles. The first kappa shape index (κ1) is 22.9. The van der Waals surface area contributed by atoms with Gasteiger partial charge < -0.3 is 0 Å². The zero-order valence-electron chi connectivity index (χ0n) is 18.3. The Labute approximate surface area is 210 Å². The second-order valence-corrected chi connectivity index (χ2v) is 10.6. The maximum atomic E-state index is 13.5. The van der Waals surface area contributed by atoms with E-state index in [0.29, 0.717) is 11.0 Å². The van der Waals surface area contributed by atoms with Gasteiger partial charge in [-0.1, -0.05) is 70.5 Å². The molecule has 1 N–H and O–H groups in total. The standard InChI is InChI=1S/C26H18BrN3O4S/c27-19-10-12-20(13-11-19)35(33,34)28-23-24(26(32)22-9-5-4-8-21(22)25(23)31)30-15-14-29(17-30)16-18-6-2-1-3-7-18/h1-15,17H,16H2/p+1. The summed E-state index contributed by atoms with van der Waals surface area (Å²) >= 11 is 3.28. The maximum Gasteiger partial charge on any atom is 0.262 e. The number of nitrogens with one attached hydrogen (secondary N) is 1. The number of carbonyl (C=O) groups is 2. The minimum atomic E-state index is -4.14. The predicted octanol–water partition coefficient (Wildman–Crippen LogP) is 3.81. The van der Waals surface area contributed by atoms with Gasteiger partial charge in [-0.25, -0.2) is 13.0 Å². The molecule has 174 valence electrons. The van der Waals surface area contributed by atoms with E-state index in [1.54, 1.807) is 49.1 Å². The molecule has 0 bridgehead atoms. The second kappa shape index (κ2) is 9.09. The fourth-order valence-corrected chi connectivity index (χ4v) is 5.26. The number of Topliss-reactive ketones (excluding diaryl/α,β-unsaturated/α-hetero) is 2. The molecule has 9 heteroatoms. The Morgan fingerprint density at radius 3 is 2.14 bits per heavy atom. The lowest BCUT2D eigenvalue weighted by atomic mass is 9.90. The SMILES string of the molecule is O=C1C(NS(=O)(=O)c2ccc(Br)cc2)=C(n2cc[n+](Cc3ccccc3)c2)C(=O)c2ccccc21. The molecule has 1 aromatic heterocycles.